The van der Waals surface area contributed by atoms with Gasteiger partial charge in [-0.1, -0.05) is 86.6 Å². The molecular weight excluding hydrogens is 921 g/mol. The van der Waals surface area contributed by atoms with Gasteiger partial charge in [-0.3, -0.25) is 19.4 Å². The van der Waals surface area contributed by atoms with Crippen LogP contribution in [0, 0.1) is 26.7 Å². The Labute approximate surface area is 420 Å². The molecule has 0 unspecified atom stereocenters. The fraction of sp³-hybridized carbons (Fsp3) is 0.473. The van der Waals surface area contributed by atoms with Gasteiger partial charge in [0.25, 0.3) is 10.0 Å². The Morgan fingerprint density at radius 3 is 2.00 bits per heavy atom. The summed E-state index contributed by atoms with van der Waals surface area (Å²) in [6.45, 7) is 19.0. The maximum atomic E-state index is 14.3. The molecule has 6 N–H and O–H groups in total. The van der Waals surface area contributed by atoms with Crippen molar-refractivity contribution < 1.29 is 41.8 Å². The average Bonchev–Trinajstić information content (AvgIpc) is 3.29. The third kappa shape index (κ3) is 16.9. The Hall–Kier alpha value is -6.42. The Kier molecular flexibility index (Phi) is 19.2. The monoisotopic (exact) mass is 995 g/mol. The van der Waals surface area contributed by atoms with Gasteiger partial charge in [-0.2, -0.15) is 0 Å². The number of sulfonamides is 1. The lowest BCUT2D eigenvalue weighted by Gasteiger charge is -2.35. The molecule has 1 aliphatic rings. The van der Waals surface area contributed by atoms with Crippen LogP contribution in [0.2, 0.25) is 0 Å². The summed E-state index contributed by atoms with van der Waals surface area (Å²) in [7, 11) is -4.10. The number of ketones is 1. The Morgan fingerprint density at radius 1 is 0.775 bits per heavy atom. The second-order valence-corrected chi connectivity index (χ2v) is 22.1. The zero-order valence-electron chi connectivity index (χ0n) is 43.1. The lowest BCUT2D eigenvalue weighted by molar-refractivity contribution is -0.132. The van der Waals surface area contributed by atoms with E-state index in [-0.39, 0.29) is 60.4 Å². The molecule has 16 heteroatoms. The first-order valence-corrected chi connectivity index (χ1v) is 26.0. The van der Waals surface area contributed by atoms with E-state index in [1.165, 1.54) is 0 Å². The Morgan fingerprint density at radius 2 is 1.38 bits per heavy atom. The van der Waals surface area contributed by atoms with Crippen molar-refractivity contribution in [1.82, 2.24) is 20.7 Å². The summed E-state index contributed by atoms with van der Waals surface area (Å²) < 4.78 is 47.8. The number of nitrogens with one attached hydrogen (secondary N) is 4. The van der Waals surface area contributed by atoms with Crippen LogP contribution >= 0.6 is 0 Å². The molecule has 3 atom stereocenters. The van der Waals surface area contributed by atoms with Gasteiger partial charge in [-0.05, 0) is 151 Å². The predicted octanol–water partition coefficient (Wildman–Crippen LogP) is 8.02. The van der Waals surface area contributed by atoms with Crippen LogP contribution in [0.25, 0.3) is 0 Å². The number of nitrogens with two attached hydrogens (primary N) is 1. The highest BCUT2D eigenvalue weighted by atomic mass is 32.2. The molecule has 0 aliphatic carbocycles. The molecule has 384 valence electrons. The third-order valence-corrected chi connectivity index (χ3v) is 13.9. The quantitative estimate of drug-likeness (QED) is 0.0290. The number of hydrogen-bond acceptors (Lipinski definition) is 10. The number of amides is 3. The molecule has 0 radical (unpaired) electrons. The molecule has 1 aliphatic heterocycles. The van der Waals surface area contributed by atoms with Crippen molar-refractivity contribution in [3.05, 3.63) is 124 Å². The number of fused-ring (bicyclic) bond motifs is 1. The molecule has 0 bridgehead atoms. The number of carbonyl (C=O) groups excluding carboxylic acids is 4. The van der Waals surface area contributed by atoms with Gasteiger partial charge in [0.2, 0.25) is 17.8 Å². The number of Topliss-reactive ketones (excluding diaryl/α,β-unsaturated/α-hetero) is 1. The Bertz CT molecular complexity index is 2610. The van der Waals surface area contributed by atoms with Crippen LogP contribution in [0.3, 0.4) is 0 Å². The van der Waals surface area contributed by atoms with E-state index in [1.807, 2.05) is 107 Å². The van der Waals surface area contributed by atoms with E-state index in [0.717, 1.165) is 40.0 Å². The number of aliphatic imine (C=N–C) groups is 1. The number of benzene rings is 4. The number of guanidine groups is 1. The highest BCUT2D eigenvalue weighted by Crippen LogP contribution is 2.42. The van der Waals surface area contributed by atoms with Crippen molar-refractivity contribution in [2.45, 2.75) is 161 Å². The average molecular weight is 995 g/mol. The van der Waals surface area contributed by atoms with Crippen molar-refractivity contribution in [2.75, 3.05) is 6.54 Å². The van der Waals surface area contributed by atoms with Crippen LogP contribution in [0.4, 0.5) is 4.79 Å². The molecule has 15 nitrogen and oxygen atoms in total. The first-order chi connectivity index (χ1) is 33.4. The van der Waals surface area contributed by atoms with Gasteiger partial charge in [0.05, 0.1) is 10.9 Å². The number of carbonyl (C=O) groups is 4. The summed E-state index contributed by atoms with van der Waals surface area (Å²) in [5.41, 5.74) is 10.3. The van der Waals surface area contributed by atoms with E-state index < -0.39 is 51.7 Å². The molecule has 5 rings (SSSR count). The van der Waals surface area contributed by atoms with Crippen LogP contribution in [0.5, 0.6) is 11.5 Å². The van der Waals surface area contributed by atoms with Crippen LogP contribution in [-0.2, 0) is 55.0 Å². The topological polar surface area (TPSA) is 217 Å². The first-order valence-electron chi connectivity index (χ1n) is 24.5. The molecule has 0 fully saturated rings. The number of rotatable bonds is 22. The molecule has 3 amide bonds. The largest absolute Gasteiger partial charge is 0.489 e. The fourth-order valence-corrected chi connectivity index (χ4v) is 10.00. The minimum atomic E-state index is -4.10. The second kappa shape index (κ2) is 24.6. The number of ether oxygens (including phenoxy) is 3. The van der Waals surface area contributed by atoms with E-state index in [1.54, 1.807) is 46.8 Å². The molecule has 0 saturated heterocycles. The summed E-state index contributed by atoms with van der Waals surface area (Å²) in [6.07, 6.45) is 2.08. The van der Waals surface area contributed by atoms with Crippen LogP contribution in [0.1, 0.15) is 120 Å². The molecular formula is C55H74N6O9S. The van der Waals surface area contributed by atoms with Gasteiger partial charge < -0.3 is 35.9 Å². The highest BCUT2D eigenvalue weighted by molar-refractivity contribution is 7.90. The summed E-state index contributed by atoms with van der Waals surface area (Å²) >= 11 is 0. The maximum Gasteiger partial charge on any atom is 0.408 e. The Balaban J connectivity index is 1.27. The van der Waals surface area contributed by atoms with Gasteiger partial charge in [-0.25, -0.2) is 17.9 Å². The van der Waals surface area contributed by atoms with Gasteiger partial charge in [0.15, 0.2) is 5.78 Å². The minimum Gasteiger partial charge on any atom is -0.489 e. The standard InChI is InChI=1S/C55H74N6O9S/c1-35(2)31-45(59-51(64)46(60-53(65)70-54(6,7)8)32-40-24-26-42(27-25-40)68-34-41-21-15-12-16-22-41)50(63)58-44(47(62)33-39-19-13-11-14-20-39)23-17-18-30-57-52(56)61-71(66,67)49-37(4)36(3)48-43(38(49)5)28-29-55(9,10)69-48/h11-16,19-22,24-27,35,44-46H,17-18,23,28-34H2,1-10H3,(H,58,63)(H,59,64)(H,60,65)(H3,56,57,61)/t44-,45-,46-/m0/s1. The molecule has 0 aromatic heterocycles. The smallest absolute Gasteiger partial charge is 0.408 e. The van der Waals surface area contributed by atoms with E-state index in [0.29, 0.717) is 42.7 Å². The van der Waals surface area contributed by atoms with Crippen molar-refractivity contribution in [3.8, 4) is 11.5 Å². The predicted molar refractivity (Wildman–Crippen MR) is 277 cm³/mol. The summed E-state index contributed by atoms with van der Waals surface area (Å²) in [6, 6.07) is 23.0. The summed E-state index contributed by atoms with van der Waals surface area (Å²) in [5, 5.41) is 8.52. The molecule has 4 aromatic rings. The lowest BCUT2D eigenvalue weighted by Crippen LogP contribution is -2.57. The van der Waals surface area contributed by atoms with Gasteiger partial charge >= 0.3 is 6.09 Å². The molecule has 0 spiro atoms. The highest BCUT2D eigenvalue weighted by Gasteiger charge is 2.35. The number of nitrogens with zero attached hydrogens (tertiary/aromatic N) is 1. The normalized spacial score (nSPS) is 14.8. The fourth-order valence-electron chi connectivity index (χ4n) is 8.47. The molecule has 71 heavy (non-hydrogen) atoms. The third-order valence-electron chi connectivity index (χ3n) is 12.2. The lowest BCUT2D eigenvalue weighted by atomic mass is 9.88. The second-order valence-electron chi connectivity index (χ2n) is 20.4. The summed E-state index contributed by atoms with van der Waals surface area (Å²) in [4.78, 5) is 60.0. The zero-order valence-corrected chi connectivity index (χ0v) is 43.9. The van der Waals surface area contributed by atoms with Crippen molar-refractivity contribution in [3.63, 3.8) is 0 Å². The maximum absolute atomic E-state index is 14.3. The SMILES string of the molecule is Cc1c(C)c(S(=O)(=O)NC(N)=NCCCC[C@H](NC(=O)[C@H](CC(C)C)NC(=O)[C@H](Cc2ccc(OCc3ccccc3)cc2)NC(=O)OC(C)(C)C)C(=O)Cc2ccccc2)c(C)c2c1OC(C)(C)CC2. The van der Waals surface area contributed by atoms with Gasteiger partial charge in [-0.15, -0.1) is 0 Å². The van der Waals surface area contributed by atoms with E-state index >= 15 is 0 Å². The van der Waals surface area contributed by atoms with Gasteiger partial charge in [0, 0.05) is 19.4 Å². The van der Waals surface area contributed by atoms with Crippen molar-refractivity contribution in [2.24, 2.45) is 16.6 Å². The number of hydrogen-bond donors (Lipinski definition) is 5. The number of unbranched alkanes of at least 4 members (excludes halogenated alkanes) is 1. The van der Waals surface area contributed by atoms with Crippen LogP contribution < -0.4 is 35.9 Å². The molecule has 1 heterocycles. The summed E-state index contributed by atoms with van der Waals surface area (Å²) in [5.74, 6) is -0.334. The van der Waals surface area contributed by atoms with E-state index in [4.69, 9.17) is 19.9 Å². The van der Waals surface area contributed by atoms with Crippen LogP contribution in [-0.4, -0.2) is 73.9 Å². The van der Waals surface area contributed by atoms with Gasteiger partial charge in [0.1, 0.15) is 41.4 Å². The first kappa shape index (κ1) is 55.5. The van der Waals surface area contributed by atoms with Crippen molar-refractivity contribution in [1.29, 1.82) is 0 Å². The minimum absolute atomic E-state index is 0.0449. The van der Waals surface area contributed by atoms with E-state index in [9.17, 15) is 27.6 Å². The zero-order chi connectivity index (χ0) is 52.1. The molecule has 0 saturated carbocycles. The van der Waals surface area contributed by atoms with E-state index in [2.05, 4.69) is 25.7 Å². The van der Waals surface area contributed by atoms with Crippen molar-refractivity contribution >= 4 is 39.7 Å². The van der Waals surface area contributed by atoms with Crippen LogP contribution in [0.15, 0.2) is 94.8 Å². The number of alkyl carbamates (subject to hydrolysis) is 1. The molecule has 4 aromatic carbocycles.